The lowest BCUT2D eigenvalue weighted by Gasteiger charge is -2.06. The molecule has 0 aliphatic carbocycles. The second-order valence-corrected chi connectivity index (χ2v) is 4.24. The molecule has 0 saturated heterocycles. The van der Waals surface area contributed by atoms with E-state index in [2.05, 4.69) is 35.6 Å². The predicted octanol–water partition coefficient (Wildman–Crippen LogP) is 3.02. The smallest absolute Gasteiger partial charge is 0.0544 e. The van der Waals surface area contributed by atoms with Crippen LogP contribution in [0.3, 0.4) is 0 Å². The van der Waals surface area contributed by atoms with E-state index in [9.17, 15) is 0 Å². The Hall–Kier alpha value is -1.61. The predicted molar refractivity (Wildman–Crippen MR) is 66.3 cm³/mol. The van der Waals surface area contributed by atoms with Gasteiger partial charge in [0.15, 0.2) is 0 Å². The molecule has 0 atom stereocenters. The average molecular weight is 216 g/mol. The number of hydrogen-bond donors (Lipinski definition) is 1. The molecule has 2 rings (SSSR count). The summed E-state index contributed by atoms with van der Waals surface area (Å²) in [5.74, 6) is 5.21. The van der Waals surface area contributed by atoms with E-state index in [-0.39, 0.29) is 0 Å². The normalized spacial score (nSPS) is 11.0. The monoisotopic (exact) mass is 216 g/mol. The third-order valence-corrected chi connectivity index (χ3v) is 3.17. The number of aryl methyl sites for hydroxylation is 1. The Balaban J connectivity index is 2.63. The van der Waals surface area contributed by atoms with Gasteiger partial charge in [0.05, 0.1) is 6.21 Å². The molecular formula is C12H12N2S. The highest BCUT2D eigenvalue weighted by molar-refractivity contribution is 7.13. The van der Waals surface area contributed by atoms with E-state index in [4.69, 9.17) is 5.84 Å². The Labute approximate surface area is 93.1 Å². The summed E-state index contributed by atoms with van der Waals surface area (Å²) >= 11 is 1.73. The fourth-order valence-corrected chi connectivity index (χ4v) is 2.49. The van der Waals surface area contributed by atoms with Crippen molar-refractivity contribution >= 4 is 17.6 Å². The van der Waals surface area contributed by atoms with Crippen LogP contribution in [0.2, 0.25) is 0 Å². The highest BCUT2D eigenvalue weighted by Crippen LogP contribution is 2.30. The lowest BCUT2D eigenvalue weighted by molar-refractivity contribution is 1.26. The summed E-state index contributed by atoms with van der Waals surface area (Å²) in [5.41, 5.74) is 3.54. The third kappa shape index (κ3) is 1.92. The van der Waals surface area contributed by atoms with Gasteiger partial charge in [0.1, 0.15) is 0 Å². The molecule has 15 heavy (non-hydrogen) atoms. The van der Waals surface area contributed by atoms with Gasteiger partial charge in [-0.05, 0) is 23.9 Å². The van der Waals surface area contributed by atoms with Crippen molar-refractivity contribution in [2.45, 2.75) is 6.92 Å². The van der Waals surface area contributed by atoms with Crippen molar-refractivity contribution in [3.05, 3.63) is 46.8 Å². The fraction of sp³-hybridized carbons (Fsp3) is 0.0833. The van der Waals surface area contributed by atoms with E-state index >= 15 is 0 Å². The SMILES string of the molecule is Cc1cccc(/C=N/N)c1-c1cccs1. The van der Waals surface area contributed by atoms with Gasteiger partial charge in [0.25, 0.3) is 0 Å². The highest BCUT2D eigenvalue weighted by atomic mass is 32.1. The van der Waals surface area contributed by atoms with Crippen LogP contribution >= 0.6 is 11.3 Å². The summed E-state index contributed by atoms with van der Waals surface area (Å²) in [6, 6.07) is 10.3. The molecule has 2 nitrogen and oxygen atoms in total. The zero-order chi connectivity index (χ0) is 10.7. The summed E-state index contributed by atoms with van der Waals surface area (Å²) in [6.45, 7) is 2.10. The minimum absolute atomic E-state index is 1.07. The molecule has 0 fully saturated rings. The molecule has 0 radical (unpaired) electrons. The molecule has 0 aliphatic heterocycles. The van der Waals surface area contributed by atoms with Gasteiger partial charge in [0.2, 0.25) is 0 Å². The first-order chi connectivity index (χ1) is 7.33. The number of thiophene rings is 1. The van der Waals surface area contributed by atoms with Crippen molar-refractivity contribution in [1.29, 1.82) is 0 Å². The van der Waals surface area contributed by atoms with E-state index in [1.54, 1.807) is 17.6 Å². The van der Waals surface area contributed by atoms with Gasteiger partial charge < -0.3 is 5.84 Å². The Kier molecular flexibility index (Phi) is 2.83. The van der Waals surface area contributed by atoms with Gasteiger partial charge in [-0.3, -0.25) is 0 Å². The van der Waals surface area contributed by atoms with Gasteiger partial charge in [-0.25, -0.2) is 0 Å². The Morgan fingerprint density at radius 3 is 2.80 bits per heavy atom. The van der Waals surface area contributed by atoms with E-state index in [0.717, 1.165) is 5.56 Å². The van der Waals surface area contributed by atoms with Crippen molar-refractivity contribution in [1.82, 2.24) is 0 Å². The van der Waals surface area contributed by atoms with Crippen molar-refractivity contribution < 1.29 is 0 Å². The van der Waals surface area contributed by atoms with Crippen LogP contribution in [0.4, 0.5) is 0 Å². The zero-order valence-corrected chi connectivity index (χ0v) is 9.29. The summed E-state index contributed by atoms with van der Waals surface area (Å²) in [5, 5.41) is 5.67. The maximum Gasteiger partial charge on any atom is 0.0544 e. The number of hydrogen-bond acceptors (Lipinski definition) is 3. The van der Waals surface area contributed by atoms with Crippen LogP contribution in [0.15, 0.2) is 40.8 Å². The third-order valence-electron chi connectivity index (χ3n) is 2.29. The van der Waals surface area contributed by atoms with Crippen LogP contribution in [0, 0.1) is 6.92 Å². The van der Waals surface area contributed by atoms with Crippen molar-refractivity contribution in [3.63, 3.8) is 0 Å². The first-order valence-corrected chi connectivity index (χ1v) is 5.57. The zero-order valence-electron chi connectivity index (χ0n) is 8.47. The molecular weight excluding hydrogens is 204 g/mol. The van der Waals surface area contributed by atoms with Crippen LogP contribution in [0.1, 0.15) is 11.1 Å². The summed E-state index contributed by atoms with van der Waals surface area (Å²) < 4.78 is 0. The lowest BCUT2D eigenvalue weighted by atomic mass is 10.0. The average Bonchev–Trinajstić information content (AvgIpc) is 2.71. The molecule has 0 spiro atoms. The Morgan fingerprint density at radius 1 is 1.27 bits per heavy atom. The lowest BCUT2D eigenvalue weighted by Crippen LogP contribution is -1.92. The van der Waals surface area contributed by atoms with Crippen molar-refractivity contribution in [3.8, 4) is 10.4 Å². The van der Waals surface area contributed by atoms with E-state index in [1.165, 1.54) is 16.0 Å². The van der Waals surface area contributed by atoms with Crippen LogP contribution < -0.4 is 5.84 Å². The minimum Gasteiger partial charge on any atom is -0.323 e. The molecule has 2 aromatic rings. The van der Waals surface area contributed by atoms with Crippen molar-refractivity contribution in [2.24, 2.45) is 10.9 Å². The molecule has 1 heterocycles. The number of hydrazone groups is 1. The molecule has 2 N–H and O–H groups in total. The molecule has 76 valence electrons. The first kappa shape index (κ1) is 9.93. The summed E-state index contributed by atoms with van der Waals surface area (Å²) in [7, 11) is 0. The number of nitrogens with zero attached hydrogens (tertiary/aromatic N) is 1. The quantitative estimate of drug-likeness (QED) is 0.468. The second-order valence-electron chi connectivity index (χ2n) is 3.29. The van der Waals surface area contributed by atoms with E-state index in [0.29, 0.717) is 0 Å². The Morgan fingerprint density at radius 2 is 2.13 bits per heavy atom. The van der Waals surface area contributed by atoms with Gasteiger partial charge >= 0.3 is 0 Å². The molecule has 0 saturated carbocycles. The van der Waals surface area contributed by atoms with Crippen molar-refractivity contribution in [2.75, 3.05) is 0 Å². The molecule has 1 aromatic carbocycles. The molecule has 3 heteroatoms. The Bertz CT molecular complexity index is 472. The van der Waals surface area contributed by atoms with Gasteiger partial charge in [-0.15, -0.1) is 11.3 Å². The number of nitrogens with two attached hydrogens (primary N) is 1. The van der Waals surface area contributed by atoms with Crippen LogP contribution in [-0.2, 0) is 0 Å². The first-order valence-electron chi connectivity index (χ1n) is 4.69. The van der Waals surface area contributed by atoms with E-state index in [1.807, 2.05) is 12.1 Å². The molecule has 0 unspecified atom stereocenters. The second kappa shape index (κ2) is 4.28. The molecule has 1 aromatic heterocycles. The number of benzene rings is 1. The summed E-state index contributed by atoms with van der Waals surface area (Å²) in [4.78, 5) is 1.25. The van der Waals surface area contributed by atoms with Crippen LogP contribution in [0.25, 0.3) is 10.4 Å². The number of rotatable bonds is 2. The summed E-state index contributed by atoms with van der Waals surface area (Å²) in [6.07, 6.45) is 1.70. The van der Waals surface area contributed by atoms with E-state index < -0.39 is 0 Å². The molecule has 0 bridgehead atoms. The van der Waals surface area contributed by atoms with Gasteiger partial charge in [0, 0.05) is 16.0 Å². The molecule has 0 aliphatic rings. The molecule has 0 amide bonds. The standard InChI is InChI=1S/C12H12N2S/c1-9-4-2-5-10(8-14-13)12(9)11-6-3-7-15-11/h2-8H,13H2,1H3/b14-8+. The fourth-order valence-electron chi connectivity index (χ4n) is 1.64. The maximum atomic E-state index is 5.21. The van der Waals surface area contributed by atoms with Crippen LogP contribution in [-0.4, -0.2) is 6.21 Å². The van der Waals surface area contributed by atoms with Crippen LogP contribution in [0.5, 0.6) is 0 Å². The van der Waals surface area contributed by atoms with Gasteiger partial charge in [-0.1, -0.05) is 24.3 Å². The maximum absolute atomic E-state index is 5.21. The topological polar surface area (TPSA) is 38.4 Å². The highest BCUT2D eigenvalue weighted by Gasteiger charge is 2.06. The minimum atomic E-state index is 1.07. The van der Waals surface area contributed by atoms with Gasteiger partial charge in [-0.2, -0.15) is 5.10 Å². The largest absolute Gasteiger partial charge is 0.323 e.